The van der Waals surface area contributed by atoms with Crippen molar-refractivity contribution in [2.75, 3.05) is 20.1 Å². The van der Waals surface area contributed by atoms with Crippen molar-refractivity contribution in [3.63, 3.8) is 0 Å². The third kappa shape index (κ3) is 2.78. The van der Waals surface area contributed by atoms with Crippen molar-refractivity contribution in [2.24, 2.45) is 0 Å². The average Bonchev–Trinajstić information content (AvgIpc) is 2.76. The zero-order valence-corrected chi connectivity index (χ0v) is 10.2. The van der Waals surface area contributed by atoms with Gasteiger partial charge in [0.25, 0.3) is 0 Å². The third-order valence-electron chi connectivity index (χ3n) is 2.68. The lowest BCUT2D eigenvalue weighted by Crippen LogP contribution is -2.34. The average molecular weight is 248 g/mol. The highest BCUT2D eigenvalue weighted by Gasteiger charge is 2.13. The van der Waals surface area contributed by atoms with E-state index in [1.807, 2.05) is 24.3 Å². The molecule has 0 fully saturated rings. The Hall–Kier alpha value is -2.08. The molecule has 0 aliphatic carbocycles. The Bertz CT molecular complexity index is 505. The molecular weight excluding hydrogens is 232 g/mol. The Morgan fingerprint density at radius 3 is 2.94 bits per heavy atom. The first-order valence-corrected chi connectivity index (χ1v) is 5.77. The van der Waals surface area contributed by atoms with Gasteiger partial charge in [-0.05, 0) is 19.2 Å². The number of carbonyl (C=O) groups is 1. The van der Waals surface area contributed by atoms with Gasteiger partial charge in [-0.15, -0.1) is 0 Å². The van der Waals surface area contributed by atoms with E-state index < -0.39 is 6.09 Å². The molecule has 0 unspecified atom stereocenters. The Morgan fingerprint density at radius 2 is 2.28 bits per heavy atom. The Labute approximate surface area is 105 Å². The number of H-pyrrole nitrogens is 1. The summed E-state index contributed by atoms with van der Waals surface area (Å²) in [7, 11) is 1.79. The van der Waals surface area contributed by atoms with Crippen molar-refractivity contribution in [1.29, 1.82) is 0 Å². The van der Waals surface area contributed by atoms with Gasteiger partial charge in [0.05, 0.1) is 17.6 Å². The van der Waals surface area contributed by atoms with E-state index in [9.17, 15) is 4.79 Å². The maximum absolute atomic E-state index is 11.1. The van der Waals surface area contributed by atoms with E-state index >= 15 is 0 Å². The number of hydrogen-bond acceptors (Lipinski definition) is 3. The molecule has 6 heteroatoms. The number of imidazole rings is 1. The molecule has 1 heterocycles. The van der Waals surface area contributed by atoms with E-state index in [0.717, 1.165) is 11.0 Å². The van der Waals surface area contributed by atoms with Crippen LogP contribution >= 0.6 is 0 Å². The van der Waals surface area contributed by atoms with Crippen LogP contribution in [-0.2, 0) is 6.54 Å². The lowest BCUT2D eigenvalue weighted by molar-refractivity contribution is 0.142. The number of para-hydroxylation sites is 2. The molecule has 1 aromatic carbocycles. The predicted octanol–water partition coefficient (Wildman–Crippen LogP) is 1.26. The summed E-state index contributed by atoms with van der Waals surface area (Å²) in [4.78, 5) is 19.9. The van der Waals surface area contributed by atoms with E-state index in [2.05, 4.69) is 15.3 Å². The molecule has 0 saturated carbocycles. The number of nitrogens with zero attached hydrogens (tertiary/aromatic N) is 2. The number of nitrogens with one attached hydrogen (secondary N) is 2. The molecule has 0 aliphatic rings. The minimum Gasteiger partial charge on any atom is -0.465 e. The van der Waals surface area contributed by atoms with Crippen molar-refractivity contribution in [3.05, 3.63) is 30.1 Å². The first-order chi connectivity index (χ1) is 8.70. The second-order valence-electron chi connectivity index (χ2n) is 4.01. The molecule has 0 radical (unpaired) electrons. The molecule has 2 rings (SSSR count). The summed E-state index contributed by atoms with van der Waals surface area (Å²) in [5.74, 6) is 0.662. The van der Waals surface area contributed by atoms with Gasteiger partial charge in [0.1, 0.15) is 5.82 Å². The number of benzene rings is 1. The summed E-state index contributed by atoms with van der Waals surface area (Å²) in [6, 6.07) is 7.64. The number of aromatic nitrogens is 2. The van der Waals surface area contributed by atoms with Gasteiger partial charge in [-0.25, -0.2) is 9.78 Å². The standard InChI is InChI=1S/C12H16N4O2/c1-13-6-7-16(12(17)18)8-11-14-9-4-2-3-5-10(9)15-11/h2-5,13H,6-8H2,1H3,(H,14,15)(H,17,18). The lowest BCUT2D eigenvalue weighted by atomic mass is 10.3. The number of rotatable bonds is 5. The molecule has 0 saturated heterocycles. The van der Waals surface area contributed by atoms with Crippen LogP contribution in [0.5, 0.6) is 0 Å². The van der Waals surface area contributed by atoms with Crippen molar-refractivity contribution in [1.82, 2.24) is 20.2 Å². The van der Waals surface area contributed by atoms with Crippen LogP contribution in [0.25, 0.3) is 11.0 Å². The Morgan fingerprint density at radius 1 is 1.50 bits per heavy atom. The van der Waals surface area contributed by atoms with Crippen LogP contribution in [0.1, 0.15) is 5.82 Å². The third-order valence-corrected chi connectivity index (χ3v) is 2.68. The SMILES string of the molecule is CNCCN(Cc1nc2ccccc2[nH]1)C(=O)O. The zero-order chi connectivity index (χ0) is 13.0. The first kappa shape index (κ1) is 12.4. The van der Waals surface area contributed by atoms with Gasteiger partial charge < -0.3 is 15.4 Å². The fraction of sp³-hybridized carbons (Fsp3) is 0.333. The van der Waals surface area contributed by atoms with Gasteiger partial charge in [-0.3, -0.25) is 4.90 Å². The highest BCUT2D eigenvalue weighted by atomic mass is 16.4. The summed E-state index contributed by atoms with van der Waals surface area (Å²) in [5, 5.41) is 12.0. The predicted molar refractivity (Wildman–Crippen MR) is 68.5 cm³/mol. The molecule has 18 heavy (non-hydrogen) atoms. The van der Waals surface area contributed by atoms with E-state index in [1.165, 1.54) is 4.90 Å². The quantitative estimate of drug-likeness (QED) is 0.744. The van der Waals surface area contributed by atoms with Gasteiger partial charge in [-0.2, -0.15) is 0 Å². The van der Waals surface area contributed by atoms with Crippen LogP contribution in [-0.4, -0.2) is 46.2 Å². The fourth-order valence-electron chi connectivity index (χ4n) is 1.75. The Kier molecular flexibility index (Phi) is 3.78. The maximum atomic E-state index is 11.1. The fourth-order valence-corrected chi connectivity index (χ4v) is 1.75. The number of fused-ring (bicyclic) bond motifs is 1. The zero-order valence-electron chi connectivity index (χ0n) is 10.2. The summed E-state index contributed by atoms with van der Waals surface area (Å²) in [5.41, 5.74) is 1.78. The van der Waals surface area contributed by atoms with Crippen molar-refractivity contribution >= 4 is 17.1 Å². The summed E-state index contributed by atoms with van der Waals surface area (Å²) >= 11 is 0. The molecule has 3 N–H and O–H groups in total. The molecule has 0 bridgehead atoms. The molecule has 96 valence electrons. The van der Waals surface area contributed by atoms with Crippen molar-refractivity contribution in [2.45, 2.75) is 6.54 Å². The van der Waals surface area contributed by atoms with Crippen LogP contribution in [0, 0.1) is 0 Å². The number of likely N-dealkylation sites (N-methyl/N-ethyl adjacent to an activating group) is 1. The highest BCUT2D eigenvalue weighted by Crippen LogP contribution is 2.11. The van der Waals surface area contributed by atoms with Crippen LogP contribution < -0.4 is 5.32 Å². The minimum absolute atomic E-state index is 0.270. The molecule has 1 amide bonds. The molecule has 2 aromatic rings. The first-order valence-electron chi connectivity index (χ1n) is 5.77. The summed E-state index contributed by atoms with van der Waals surface area (Å²) in [6.07, 6.45) is -0.939. The van der Waals surface area contributed by atoms with Gasteiger partial charge >= 0.3 is 6.09 Å². The Balaban J connectivity index is 2.12. The van der Waals surface area contributed by atoms with Crippen LogP contribution in [0.4, 0.5) is 4.79 Å². The monoisotopic (exact) mass is 248 g/mol. The van der Waals surface area contributed by atoms with E-state index in [1.54, 1.807) is 7.05 Å². The molecular formula is C12H16N4O2. The molecule has 0 aliphatic heterocycles. The lowest BCUT2D eigenvalue weighted by Gasteiger charge is -2.17. The van der Waals surface area contributed by atoms with Gasteiger partial charge in [0, 0.05) is 13.1 Å². The minimum atomic E-state index is -0.939. The van der Waals surface area contributed by atoms with Crippen LogP contribution in [0.15, 0.2) is 24.3 Å². The smallest absolute Gasteiger partial charge is 0.407 e. The van der Waals surface area contributed by atoms with Gasteiger partial charge in [-0.1, -0.05) is 12.1 Å². The van der Waals surface area contributed by atoms with Crippen molar-refractivity contribution < 1.29 is 9.90 Å². The van der Waals surface area contributed by atoms with Crippen LogP contribution in [0.3, 0.4) is 0 Å². The van der Waals surface area contributed by atoms with Crippen LogP contribution in [0.2, 0.25) is 0 Å². The molecule has 1 aromatic heterocycles. The molecule has 0 spiro atoms. The van der Waals surface area contributed by atoms with E-state index in [-0.39, 0.29) is 6.54 Å². The van der Waals surface area contributed by atoms with E-state index in [4.69, 9.17) is 5.11 Å². The number of aromatic amines is 1. The van der Waals surface area contributed by atoms with Gasteiger partial charge in [0.15, 0.2) is 0 Å². The van der Waals surface area contributed by atoms with Gasteiger partial charge in [0.2, 0.25) is 0 Å². The largest absolute Gasteiger partial charge is 0.465 e. The summed E-state index contributed by atoms with van der Waals surface area (Å²) < 4.78 is 0. The maximum Gasteiger partial charge on any atom is 0.407 e. The second kappa shape index (κ2) is 5.50. The number of amides is 1. The highest BCUT2D eigenvalue weighted by molar-refractivity contribution is 5.74. The number of carboxylic acid groups (broad SMARTS) is 1. The molecule has 6 nitrogen and oxygen atoms in total. The summed E-state index contributed by atoms with van der Waals surface area (Å²) in [6.45, 7) is 1.32. The van der Waals surface area contributed by atoms with E-state index in [0.29, 0.717) is 18.9 Å². The molecule has 0 atom stereocenters. The second-order valence-corrected chi connectivity index (χ2v) is 4.01. The number of hydrogen-bond donors (Lipinski definition) is 3. The van der Waals surface area contributed by atoms with Crippen molar-refractivity contribution in [3.8, 4) is 0 Å². The topological polar surface area (TPSA) is 81.2 Å². The normalized spacial score (nSPS) is 10.7.